The van der Waals surface area contributed by atoms with Gasteiger partial charge in [0.1, 0.15) is 0 Å². The minimum atomic E-state index is -0.177. The minimum Gasteiger partial charge on any atom is -0.347 e. The van der Waals surface area contributed by atoms with Crippen molar-refractivity contribution in [1.29, 1.82) is 0 Å². The molecule has 1 N–H and O–H groups in total. The molecule has 1 amide bonds. The Bertz CT molecular complexity index is 311. The van der Waals surface area contributed by atoms with E-state index in [0.717, 1.165) is 0 Å². The van der Waals surface area contributed by atoms with Gasteiger partial charge in [0.2, 0.25) is 0 Å². The summed E-state index contributed by atoms with van der Waals surface area (Å²) in [4.78, 5) is 15.1. The third kappa shape index (κ3) is 3.25. The average molecular weight is 197 g/mol. The van der Waals surface area contributed by atoms with Gasteiger partial charge in [-0.05, 0) is 12.1 Å². The molecule has 0 saturated carbocycles. The van der Waals surface area contributed by atoms with Gasteiger partial charge in [-0.2, -0.15) is 0 Å². The summed E-state index contributed by atoms with van der Waals surface area (Å²) in [5, 5.41) is 3.01. The van der Waals surface area contributed by atoms with E-state index in [1.54, 1.807) is 24.5 Å². The SMILES string of the molecule is C=C(Cl)CNC(=O)c1ccncc1. The highest BCUT2D eigenvalue weighted by molar-refractivity contribution is 6.29. The third-order valence-electron chi connectivity index (χ3n) is 1.38. The molecule has 68 valence electrons. The number of rotatable bonds is 3. The molecule has 0 atom stereocenters. The van der Waals surface area contributed by atoms with Crippen molar-refractivity contribution in [2.24, 2.45) is 0 Å². The second-order valence-corrected chi connectivity index (χ2v) is 2.97. The Hall–Kier alpha value is -1.35. The van der Waals surface area contributed by atoms with Crippen LogP contribution < -0.4 is 5.32 Å². The second kappa shape index (κ2) is 4.62. The van der Waals surface area contributed by atoms with E-state index in [1.807, 2.05) is 0 Å². The van der Waals surface area contributed by atoms with Crippen LogP contribution in [0.4, 0.5) is 0 Å². The van der Waals surface area contributed by atoms with Crippen molar-refractivity contribution in [3.8, 4) is 0 Å². The third-order valence-corrected chi connectivity index (χ3v) is 1.52. The molecule has 0 aliphatic heterocycles. The van der Waals surface area contributed by atoms with Crippen molar-refractivity contribution in [3.63, 3.8) is 0 Å². The van der Waals surface area contributed by atoms with Gasteiger partial charge in [-0.15, -0.1) is 0 Å². The van der Waals surface area contributed by atoms with Crippen LogP contribution in [0.5, 0.6) is 0 Å². The van der Waals surface area contributed by atoms with Crippen LogP contribution in [0, 0.1) is 0 Å². The number of hydrogen-bond donors (Lipinski definition) is 1. The lowest BCUT2D eigenvalue weighted by molar-refractivity contribution is 0.0957. The van der Waals surface area contributed by atoms with Gasteiger partial charge >= 0.3 is 0 Å². The zero-order valence-electron chi connectivity index (χ0n) is 6.96. The monoisotopic (exact) mass is 196 g/mol. The maximum absolute atomic E-state index is 11.3. The fraction of sp³-hybridized carbons (Fsp3) is 0.111. The highest BCUT2D eigenvalue weighted by Gasteiger charge is 2.02. The maximum Gasteiger partial charge on any atom is 0.251 e. The number of aromatic nitrogens is 1. The molecule has 0 bridgehead atoms. The largest absolute Gasteiger partial charge is 0.347 e. The second-order valence-electron chi connectivity index (χ2n) is 2.44. The summed E-state index contributed by atoms with van der Waals surface area (Å²) in [6.07, 6.45) is 3.12. The van der Waals surface area contributed by atoms with Crippen LogP contribution in [0.3, 0.4) is 0 Å². The van der Waals surface area contributed by atoms with Crippen molar-refractivity contribution >= 4 is 17.5 Å². The van der Waals surface area contributed by atoms with E-state index in [4.69, 9.17) is 11.6 Å². The summed E-state index contributed by atoms with van der Waals surface area (Å²) < 4.78 is 0. The molecule has 3 nitrogen and oxygen atoms in total. The highest BCUT2D eigenvalue weighted by atomic mass is 35.5. The molecule has 13 heavy (non-hydrogen) atoms. The molecule has 0 saturated heterocycles. The van der Waals surface area contributed by atoms with Gasteiger partial charge in [-0.3, -0.25) is 9.78 Å². The van der Waals surface area contributed by atoms with Gasteiger partial charge in [0, 0.05) is 23.0 Å². The molecule has 0 aliphatic carbocycles. The van der Waals surface area contributed by atoms with Crippen molar-refractivity contribution in [3.05, 3.63) is 41.7 Å². The normalized spacial score (nSPS) is 9.31. The number of nitrogens with zero attached hydrogens (tertiary/aromatic N) is 1. The molecule has 1 rings (SSSR count). The number of carbonyl (C=O) groups is 1. The molecule has 0 unspecified atom stereocenters. The number of halogens is 1. The van der Waals surface area contributed by atoms with Crippen LogP contribution in [0.2, 0.25) is 0 Å². The van der Waals surface area contributed by atoms with Crippen molar-refractivity contribution in [1.82, 2.24) is 10.3 Å². The Labute approximate surface area is 81.4 Å². The summed E-state index contributed by atoms with van der Waals surface area (Å²) in [5.74, 6) is -0.177. The van der Waals surface area contributed by atoms with Crippen molar-refractivity contribution in [2.75, 3.05) is 6.54 Å². The average Bonchev–Trinajstić information content (AvgIpc) is 2.15. The highest BCUT2D eigenvalue weighted by Crippen LogP contribution is 1.97. The fourth-order valence-electron chi connectivity index (χ4n) is 0.782. The van der Waals surface area contributed by atoms with E-state index in [1.165, 1.54) is 0 Å². The zero-order valence-corrected chi connectivity index (χ0v) is 7.71. The molecule has 0 spiro atoms. The number of nitrogens with one attached hydrogen (secondary N) is 1. The predicted octanol–water partition coefficient (Wildman–Crippen LogP) is 1.56. The molecule has 0 aliphatic rings. The molecular formula is C9H9ClN2O. The number of hydrogen-bond acceptors (Lipinski definition) is 2. The first-order chi connectivity index (χ1) is 6.20. The van der Waals surface area contributed by atoms with Crippen molar-refractivity contribution < 1.29 is 4.79 Å². The first kappa shape index (κ1) is 9.74. The van der Waals surface area contributed by atoms with E-state index in [0.29, 0.717) is 10.6 Å². The van der Waals surface area contributed by atoms with Crippen LogP contribution >= 0.6 is 11.6 Å². The summed E-state index contributed by atoms with van der Waals surface area (Å²) >= 11 is 5.49. The molecule has 4 heteroatoms. The number of pyridine rings is 1. The van der Waals surface area contributed by atoms with E-state index in [9.17, 15) is 4.79 Å². The molecule has 1 aromatic rings. The molecule has 1 heterocycles. The van der Waals surface area contributed by atoms with E-state index in [-0.39, 0.29) is 12.5 Å². The Morgan fingerprint density at radius 3 is 2.69 bits per heavy atom. The summed E-state index contributed by atoms with van der Waals surface area (Å²) in [7, 11) is 0. The molecule has 0 radical (unpaired) electrons. The van der Waals surface area contributed by atoms with E-state index in [2.05, 4.69) is 16.9 Å². The van der Waals surface area contributed by atoms with E-state index >= 15 is 0 Å². The quantitative estimate of drug-likeness (QED) is 0.798. The van der Waals surface area contributed by atoms with E-state index < -0.39 is 0 Å². The zero-order chi connectivity index (χ0) is 9.68. The number of carbonyl (C=O) groups excluding carboxylic acids is 1. The van der Waals surface area contributed by atoms with Gasteiger partial charge in [0.15, 0.2) is 0 Å². The number of amides is 1. The van der Waals surface area contributed by atoms with Gasteiger partial charge in [-0.25, -0.2) is 0 Å². The van der Waals surface area contributed by atoms with Crippen LogP contribution in [0.25, 0.3) is 0 Å². The van der Waals surface area contributed by atoms with Crippen molar-refractivity contribution in [2.45, 2.75) is 0 Å². The van der Waals surface area contributed by atoms with Crippen LogP contribution in [-0.2, 0) is 0 Å². The first-order valence-electron chi connectivity index (χ1n) is 3.71. The van der Waals surface area contributed by atoms with Crippen LogP contribution in [0.15, 0.2) is 36.1 Å². The molecule has 0 aromatic carbocycles. The summed E-state index contributed by atoms with van der Waals surface area (Å²) in [6.45, 7) is 3.74. The lowest BCUT2D eigenvalue weighted by atomic mass is 10.2. The maximum atomic E-state index is 11.3. The lowest BCUT2D eigenvalue weighted by Gasteiger charge is -2.02. The van der Waals surface area contributed by atoms with Gasteiger partial charge in [0.25, 0.3) is 5.91 Å². The topological polar surface area (TPSA) is 42.0 Å². The van der Waals surface area contributed by atoms with Crippen LogP contribution in [-0.4, -0.2) is 17.4 Å². The Balaban J connectivity index is 2.54. The smallest absolute Gasteiger partial charge is 0.251 e. The molecular weight excluding hydrogens is 188 g/mol. The summed E-state index contributed by atoms with van der Waals surface area (Å²) in [6, 6.07) is 3.26. The summed E-state index contributed by atoms with van der Waals surface area (Å²) in [5.41, 5.74) is 0.563. The van der Waals surface area contributed by atoms with Gasteiger partial charge in [-0.1, -0.05) is 18.2 Å². The predicted molar refractivity (Wildman–Crippen MR) is 51.6 cm³/mol. The Kier molecular flexibility index (Phi) is 3.46. The molecule has 1 aromatic heterocycles. The first-order valence-corrected chi connectivity index (χ1v) is 4.09. The Morgan fingerprint density at radius 2 is 2.15 bits per heavy atom. The minimum absolute atomic E-state index is 0.177. The fourth-order valence-corrected chi connectivity index (χ4v) is 0.848. The van der Waals surface area contributed by atoms with Gasteiger partial charge < -0.3 is 5.32 Å². The standard InChI is InChI=1S/C9H9ClN2O/c1-7(10)6-12-9(13)8-2-4-11-5-3-8/h2-5H,1,6H2,(H,12,13). The lowest BCUT2D eigenvalue weighted by Crippen LogP contribution is -2.24. The Morgan fingerprint density at radius 1 is 1.54 bits per heavy atom. The molecule has 0 fully saturated rings. The van der Waals surface area contributed by atoms with Gasteiger partial charge in [0.05, 0.1) is 6.54 Å². The van der Waals surface area contributed by atoms with Crippen LogP contribution in [0.1, 0.15) is 10.4 Å².